The molecule has 3 nitrogen and oxygen atoms in total. The SMILES string of the molecule is Cc1cc(N)ccc1N1CCNCC1S. The predicted molar refractivity (Wildman–Crippen MR) is 68.6 cm³/mol. The van der Waals surface area contributed by atoms with Gasteiger partial charge in [0.1, 0.15) is 0 Å². The number of aryl methyl sites for hydroxylation is 1. The predicted octanol–water partition coefficient (Wildman–Crippen LogP) is 1.24. The molecule has 2 rings (SSSR count). The van der Waals surface area contributed by atoms with Gasteiger partial charge in [0, 0.05) is 31.0 Å². The summed E-state index contributed by atoms with van der Waals surface area (Å²) >= 11 is 4.57. The zero-order valence-corrected chi connectivity index (χ0v) is 9.80. The van der Waals surface area contributed by atoms with E-state index in [4.69, 9.17) is 5.73 Å². The maximum absolute atomic E-state index is 5.74. The topological polar surface area (TPSA) is 41.3 Å². The molecule has 4 heteroatoms. The van der Waals surface area contributed by atoms with Crippen LogP contribution >= 0.6 is 12.6 Å². The van der Waals surface area contributed by atoms with Gasteiger partial charge in [-0.3, -0.25) is 0 Å². The Hall–Kier alpha value is -0.870. The van der Waals surface area contributed by atoms with E-state index in [2.05, 4.69) is 35.8 Å². The lowest BCUT2D eigenvalue weighted by atomic mass is 10.1. The van der Waals surface area contributed by atoms with E-state index in [9.17, 15) is 0 Å². The van der Waals surface area contributed by atoms with E-state index in [1.54, 1.807) is 0 Å². The van der Waals surface area contributed by atoms with E-state index in [0.29, 0.717) is 0 Å². The molecular formula is C11H17N3S. The zero-order valence-electron chi connectivity index (χ0n) is 8.90. The highest BCUT2D eigenvalue weighted by Crippen LogP contribution is 2.25. The summed E-state index contributed by atoms with van der Waals surface area (Å²) in [6.45, 7) is 5.03. The number of anilines is 2. The molecule has 0 aromatic heterocycles. The van der Waals surface area contributed by atoms with Gasteiger partial charge in [-0.05, 0) is 30.7 Å². The fraction of sp³-hybridized carbons (Fsp3) is 0.455. The van der Waals surface area contributed by atoms with Gasteiger partial charge in [-0.25, -0.2) is 0 Å². The van der Waals surface area contributed by atoms with Crippen molar-refractivity contribution in [3.05, 3.63) is 23.8 Å². The van der Waals surface area contributed by atoms with Gasteiger partial charge in [-0.2, -0.15) is 12.6 Å². The van der Waals surface area contributed by atoms with Crippen LogP contribution in [0.5, 0.6) is 0 Å². The van der Waals surface area contributed by atoms with Gasteiger partial charge in [0.25, 0.3) is 0 Å². The van der Waals surface area contributed by atoms with Crippen LogP contribution in [0, 0.1) is 6.92 Å². The molecule has 0 bridgehead atoms. The fourth-order valence-corrected chi connectivity index (χ4v) is 2.34. The summed E-state index contributed by atoms with van der Waals surface area (Å²) in [5.74, 6) is 0. The van der Waals surface area contributed by atoms with Crippen LogP contribution in [-0.2, 0) is 0 Å². The highest BCUT2D eigenvalue weighted by Gasteiger charge is 2.19. The lowest BCUT2D eigenvalue weighted by molar-refractivity contribution is 0.565. The average Bonchev–Trinajstić information content (AvgIpc) is 2.20. The molecule has 0 aliphatic carbocycles. The number of piperazine rings is 1. The smallest absolute Gasteiger partial charge is 0.0846 e. The summed E-state index contributed by atoms with van der Waals surface area (Å²) in [5, 5.41) is 3.57. The minimum atomic E-state index is 0.251. The first-order chi connectivity index (χ1) is 7.18. The molecule has 1 aromatic carbocycles. The van der Waals surface area contributed by atoms with Crippen molar-refractivity contribution in [1.29, 1.82) is 0 Å². The minimum Gasteiger partial charge on any atom is -0.399 e. The lowest BCUT2D eigenvalue weighted by Gasteiger charge is -2.36. The van der Waals surface area contributed by atoms with Gasteiger partial charge in [0.05, 0.1) is 5.37 Å². The Morgan fingerprint density at radius 3 is 3.00 bits per heavy atom. The van der Waals surface area contributed by atoms with E-state index in [-0.39, 0.29) is 5.37 Å². The van der Waals surface area contributed by atoms with Gasteiger partial charge in [-0.1, -0.05) is 0 Å². The van der Waals surface area contributed by atoms with E-state index in [1.165, 1.54) is 11.3 Å². The second kappa shape index (κ2) is 4.33. The van der Waals surface area contributed by atoms with Crippen molar-refractivity contribution in [2.24, 2.45) is 0 Å². The number of benzene rings is 1. The summed E-state index contributed by atoms with van der Waals surface area (Å²) < 4.78 is 0. The molecule has 1 aromatic rings. The van der Waals surface area contributed by atoms with Crippen molar-refractivity contribution in [2.75, 3.05) is 30.3 Å². The quantitative estimate of drug-likeness (QED) is 0.496. The van der Waals surface area contributed by atoms with Gasteiger partial charge in [-0.15, -0.1) is 0 Å². The van der Waals surface area contributed by atoms with E-state index in [0.717, 1.165) is 25.3 Å². The Balaban J connectivity index is 2.27. The number of nitrogens with two attached hydrogens (primary N) is 1. The summed E-state index contributed by atoms with van der Waals surface area (Å²) in [6, 6.07) is 6.04. The van der Waals surface area contributed by atoms with Crippen molar-refractivity contribution in [2.45, 2.75) is 12.3 Å². The summed E-state index contributed by atoms with van der Waals surface area (Å²) in [5.41, 5.74) is 9.02. The molecule has 1 saturated heterocycles. The van der Waals surface area contributed by atoms with Crippen molar-refractivity contribution in [3.63, 3.8) is 0 Å². The van der Waals surface area contributed by atoms with Crippen LogP contribution in [0.3, 0.4) is 0 Å². The van der Waals surface area contributed by atoms with Crippen LogP contribution in [0.2, 0.25) is 0 Å². The summed E-state index contributed by atoms with van der Waals surface area (Å²) in [7, 11) is 0. The number of hydrogen-bond donors (Lipinski definition) is 3. The number of rotatable bonds is 1. The third-order valence-corrected chi connectivity index (χ3v) is 3.21. The Kier molecular flexibility index (Phi) is 3.07. The fourth-order valence-electron chi connectivity index (χ4n) is 1.97. The Morgan fingerprint density at radius 2 is 2.33 bits per heavy atom. The molecule has 1 heterocycles. The van der Waals surface area contributed by atoms with Gasteiger partial charge in [0.15, 0.2) is 0 Å². The normalized spacial score (nSPS) is 21.7. The molecule has 1 atom stereocenters. The van der Waals surface area contributed by atoms with Gasteiger partial charge in [0.2, 0.25) is 0 Å². The molecule has 3 N–H and O–H groups in total. The molecule has 0 radical (unpaired) electrons. The number of nitrogens with one attached hydrogen (secondary N) is 1. The third-order valence-electron chi connectivity index (χ3n) is 2.75. The molecule has 1 fully saturated rings. The van der Waals surface area contributed by atoms with Crippen LogP contribution in [-0.4, -0.2) is 25.0 Å². The van der Waals surface area contributed by atoms with E-state index in [1.807, 2.05) is 12.1 Å². The van der Waals surface area contributed by atoms with Crippen LogP contribution in [0.25, 0.3) is 0 Å². The molecule has 15 heavy (non-hydrogen) atoms. The standard InChI is InChI=1S/C11H17N3S/c1-8-6-9(12)2-3-10(8)14-5-4-13-7-11(14)15/h2-3,6,11,13,15H,4-5,7,12H2,1H3. The van der Waals surface area contributed by atoms with Gasteiger partial charge < -0.3 is 16.0 Å². The van der Waals surface area contributed by atoms with Gasteiger partial charge >= 0.3 is 0 Å². The second-order valence-corrected chi connectivity index (χ2v) is 4.52. The summed E-state index contributed by atoms with van der Waals surface area (Å²) in [6.07, 6.45) is 0. The van der Waals surface area contributed by atoms with Crippen LogP contribution in [0.4, 0.5) is 11.4 Å². The highest BCUT2D eigenvalue weighted by molar-refractivity contribution is 7.81. The monoisotopic (exact) mass is 223 g/mol. The highest BCUT2D eigenvalue weighted by atomic mass is 32.1. The number of nitrogens with zero attached hydrogens (tertiary/aromatic N) is 1. The van der Waals surface area contributed by atoms with Crippen molar-refractivity contribution < 1.29 is 0 Å². The molecule has 0 saturated carbocycles. The van der Waals surface area contributed by atoms with Crippen LogP contribution in [0.1, 0.15) is 5.56 Å². The molecule has 0 spiro atoms. The number of nitrogen functional groups attached to an aromatic ring is 1. The molecule has 1 unspecified atom stereocenters. The van der Waals surface area contributed by atoms with Crippen molar-refractivity contribution in [3.8, 4) is 0 Å². The Labute approximate surface area is 96.1 Å². The molecule has 1 aliphatic rings. The minimum absolute atomic E-state index is 0.251. The zero-order chi connectivity index (χ0) is 10.8. The molecule has 82 valence electrons. The Morgan fingerprint density at radius 1 is 1.53 bits per heavy atom. The van der Waals surface area contributed by atoms with Crippen LogP contribution in [0.15, 0.2) is 18.2 Å². The molecule has 0 amide bonds. The largest absolute Gasteiger partial charge is 0.399 e. The number of hydrogen-bond acceptors (Lipinski definition) is 4. The maximum Gasteiger partial charge on any atom is 0.0846 e. The first-order valence-electron chi connectivity index (χ1n) is 5.20. The Bertz CT molecular complexity index is 354. The lowest BCUT2D eigenvalue weighted by Crippen LogP contribution is -2.49. The summed E-state index contributed by atoms with van der Waals surface area (Å²) in [4.78, 5) is 2.31. The number of thiol groups is 1. The molecule has 1 aliphatic heterocycles. The van der Waals surface area contributed by atoms with E-state index < -0.39 is 0 Å². The molecular weight excluding hydrogens is 206 g/mol. The van der Waals surface area contributed by atoms with Crippen molar-refractivity contribution >= 4 is 24.0 Å². The first-order valence-corrected chi connectivity index (χ1v) is 5.71. The maximum atomic E-state index is 5.74. The van der Waals surface area contributed by atoms with E-state index >= 15 is 0 Å². The average molecular weight is 223 g/mol. The third kappa shape index (κ3) is 2.21. The first kappa shape index (κ1) is 10.6. The second-order valence-electron chi connectivity index (χ2n) is 3.92. The van der Waals surface area contributed by atoms with Crippen LogP contribution < -0.4 is 16.0 Å². The van der Waals surface area contributed by atoms with Crippen molar-refractivity contribution in [1.82, 2.24) is 5.32 Å².